The third-order valence-corrected chi connectivity index (χ3v) is 4.28. The molecule has 7 nitrogen and oxygen atoms in total. The van der Waals surface area contributed by atoms with Gasteiger partial charge in [-0.2, -0.15) is 0 Å². The van der Waals surface area contributed by atoms with E-state index in [1.165, 1.54) is 0 Å². The Morgan fingerprint density at radius 3 is 3.18 bits per heavy atom. The Morgan fingerprint density at radius 1 is 1.59 bits per heavy atom. The van der Waals surface area contributed by atoms with Gasteiger partial charge in [0.15, 0.2) is 0 Å². The number of hydrogen-bond acceptors (Lipinski definition) is 5. The molecule has 3 rings (SSSR count). The lowest BCUT2D eigenvalue weighted by Crippen LogP contribution is -2.51. The summed E-state index contributed by atoms with van der Waals surface area (Å²) in [6.07, 6.45) is 5.23. The molecule has 1 aromatic rings. The van der Waals surface area contributed by atoms with Gasteiger partial charge in [0, 0.05) is 20.2 Å². The molecule has 22 heavy (non-hydrogen) atoms. The van der Waals surface area contributed by atoms with Gasteiger partial charge in [0.05, 0.1) is 25.4 Å². The highest BCUT2D eigenvalue weighted by Gasteiger charge is 2.43. The quantitative estimate of drug-likeness (QED) is 0.590. The first kappa shape index (κ1) is 15.2. The van der Waals surface area contributed by atoms with Gasteiger partial charge < -0.3 is 14.4 Å². The van der Waals surface area contributed by atoms with E-state index in [0.717, 1.165) is 12.8 Å². The molecule has 7 heteroatoms. The molecule has 3 atom stereocenters. The fraction of sp³-hybridized carbons (Fsp3) is 0.667. The molecule has 1 aliphatic heterocycles. The first-order chi connectivity index (χ1) is 10.7. The minimum absolute atomic E-state index is 0.0961. The maximum Gasteiger partial charge on any atom is 0.293 e. The second-order valence-corrected chi connectivity index (χ2v) is 5.88. The number of fused-ring (bicyclic) bond motifs is 1. The summed E-state index contributed by atoms with van der Waals surface area (Å²) in [6.45, 7) is 6.06. The number of aromatic nitrogens is 3. The first-order valence-corrected chi connectivity index (χ1v) is 7.66. The van der Waals surface area contributed by atoms with Crippen LogP contribution in [0.5, 0.6) is 0 Å². The first-order valence-electron chi connectivity index (χ1n) is 7.66. The van der Waals surface area contributed by atoms with E-state index in [1.54, 1.807) is 24.1 Å². The van der Waals surface area contributed by atoms with Crippen LogP contribution in [0.3, 0.4) is 0 Å². The van der Waals surface area contributed by atoms with Gasteiger partial charge in [0.25, 0.3) is 5.91 Å². The second kappa shape index (κ2) is 6.58. The summed E-state index contributed by atoms with van der Waals surface area (Å²) in [4.78, 5) is 18.6. The topological polar surface area (TPSA) is 69.5 Å². The fourth-order valence-corrected chi connectivity index (χ4v) is 3.32. The standard InChI is InChI=1S/C15H22N4O3/c1-3-5-21-9-11-7-12-13(8-11)22-6-4-19(12)15(20)14-16-10-18(2)17-14/h3,10-13H,1,4-9H2,2H3. The van der Waals surface area contributed by atoms with Crippen molar-refractivity contribution in [2.45, 2.75) is 25.0 Å². The number of rotatable bonds is 5. The fourth-order valence-electron chi connectivity index (χ4n) is 3.32. The highest BCUT2D eigenvalue weighted by atomic mass is 16.5. The van der Waals surface area contributed by atoms with Crippen molar-refractivity contribution < 1.29 is 14.3 Å². The van der Waals surface area contributed by atoms with Crippen LogP contribution in [0.15, 0.2) is 19.0 Å². The van der Waals surface area contributed by atoms with E-state index in [4.69, 9.17) is 9.47 Å². The van der Waals surface area contributed by atoms with Gasteiger partial charge >= 0.3 is 0 Å². The number of amides is 1. The minimum Gasteiger partial charge on any atom is -0.377 e. The zero-order chi connectivity index (χ0) is 15.5. The minimum atomic E-state index is -0.105. The maximum atomic E-state index is 12.6. The molecule has 2 aliphatic rings. The van der Waals surface area contributed by atoms with E-state index in [-0.39, 0.29) is 23.9 Å². The Morgan fingerprint density at radius 2 is 2.45 bits per heavy atom. The summed E-state index contributed by atoms with van der Waals surface area (Å²) >= 11 is 0. The Balaban J connectivity index is 1.65. The van der Waals surface area contributed by atoms with Gasteiger partial charge in [0.1, 0.15) is 6.33 Å². The Kier molecular flexibility index (Phi) is 4.54. The van der Waals surface area contributed by atoms with Crippen molar-refractivity contribution in [3.05, 3.63) is 24.8 Å². The molecule has 2 fully saturated rings. The third-order valence-electron chi connectivity index (χ3n) is 4.28. The van der Waals surface area contributed by atoms with Crippen LogP contribution in [0.1, 0.15) is 23.5 Å². The smallest absolute Gasteiger partial charge is 0.293 e. The van der Waals surface area contributed by atoms with Gasteiger partial charge in [-0.1, -0.05) is 6.08 Å². The molecular formula is C15H22N4O3. The molecule has 1 amide bonds. The van der Waals surface area contributed by atoms with Gasteiger partial charge in [-0.05, 0) is 18.8 Å². The van der Waals surface area contributed by atoms with Crippen LogP contribution in [-0.4, -0.2) is 64.1 Å². The van der Waals surface area contributed by atoms with Crippen LogP contribution in [0.25, 0.3) is 0 Å². The van der Waals surface area contributed by atoms with E-state index in [2.05, 4.69) is 16.7 Å². The van der Waals surface area contributed by atoms with Crippen LogP contribution in [0.2, 0.25) is 0 Å². The lowest BCUT2D eigenvalue weighted by Gasteiger charge is -2.36. The average Bonchev–Trinajstić information content (AvgIpc) is 3.12. The predicted octanol–water partition coefficient (Wildman–Crippen LogP) is 0.637. The SMILES string of the molecule is C=CCOCC1CC2OCCN(C(=O)c3ncn(C)n3)C2C1. The monoisotopic (exact) mass is 306 g/mol. The molecule has 0 N–H and O–H groups in total. The normalized spacial score (nSPS) is 27.7. The molecular weight excluding hydrogens is 284 g/mol. The van der Waals surface area contributed by atoms with Crippen LogP contribution < -0.4 is 0 Å². The lowest BCUT2D eigenvalue weighted by atomic mass is 10.1. The van der Waals surface area contributed by atoms with Crippen molar-refractivity contribution in [1.29, 1.82) is 0 Å². The lowest BCUT2D eigenvalue weighted by molar-refractivity contribution is -0.0453. The summed E-state index contributed by atoms with van der Waals surface area (Å²) in [5.41, 5.74) is 0. The average molecular weight is 306 g/mol. The number of ether oxygens (including phenoxy) is 2. The molecule has 3 unspecified atom stereocenters. The van der Waals surface area contributed by atoms with E-state index >= 15 is 0 Å². The number of carbonyl (C=O) groups excluding carboxylic acids is 1. The largest absolute Gasteiger partial charge is 0.377 e. The number of carbonyl (C=O) groups is 1. The van der Waals surface area contributed by atoms with E-state index in [9.17, 15) is 4.79 Å². The Bertz CT molecular complexity index is 545. The Labute approximate surface area is 129 Å². The maximum absolute atomic E-state index is 12.6. The molecule has 1 saturated carbocycles. The van der Waals surface area contributed by atoms with Crippen molar-refractivity contribution >= 4 is 5.91 Å². The summed E-state index contributed by atoms with van der Waals surface area (Å²) in [5, 5.41) is 4.12. The van der Waals surface area contributed by atoms with Crippen LogP contribution in [0.4, 0.5) is 0 Å². The van der Waals surface area contributed by atoms with Crippen LogP contribution in [0, 0.1) is 5.92 Å². The molecule has 2 heterocycles. The number of nitrogens with zero attached hydrogens (tertiary/aromatic N) is 4. The second-order valence-electron chi connectivity index (χ2n) is 5.88. The number of aryl methyl sites for hydroxylation is 1. The Hall–Kier alpha value is -1.73. The summed E-state index contributed by atoms with van der Waals surface area (Å²) < 4.78 is 12.9. The molecule has 1 aliphatic carbocycles. The zero-order valence-electron chi connectivity index (χ0n) is 12.9. The van der Waals surface area contributed by atoms with Crippen molar-refractivity contribution in [2.75, 3.05) is 26.4 Å². The molecule has 0 aromatic carbocycles. The summed E-state index contributed by atoms with van der Waals surface area (Å²) in [7, 11) is 1.76. The number of morpholine rings is 1. The van der Waals surface area contributed by atoms with Gasteiger partial charge in [-0.25, -0.2) is 4.98 Å². The van der Waals surface area contributed by atoms with E-state index < -0.39 is 0 Å². The van der Waals surface area contributed by atoms with Crippen LogP contribution >= 0.6 is 0 Å². The van der Waals surface area contributed by atoms with E-state index in [0.29, 0.717) is 32.3 Å². The highest BCUT2D eigenvalue weighted by molar-refractivity contribution is 5.90. The van der Waals surface area contributed by atoms with Gasteiger partial charge in [-0.15, -0.1) is 11.7 Å². The highest BCUT2D eigenvalue weighted by Crippen LogP contribution is 2.34. The zero-order valence-corrected chi connectivity index (χ0v) is 12.9. The summed E-state index contributed by atoms with van der Waals surface area (Å²) in [5.74, 6) is 0.570. The molecule has 120 valence electrons. The molecule has 1 saturated heterocycles. The van der Waals surface area contributed by atoms with E-state index in [1.807, 2.05) is 4.90 Å². The molecule has 0 bridgehead atoms. The molecule has 0 radical (unpaired) electrons. The third kappa shape index (κ3) is 3.05. The van der Waals surface area contributed by atoms with Gasteiger partial charge in [-0.3, -0.25) is 9.48 Å². The van der Waals surface area contributed by atoms with Gasteiger partial charge in [0.2, 0.25) is 5.82 Å². The summed E-state index contributed by atoms with van der Waals surface area (Å²) in [6, 6.07) is 0.0994. The number of hydrogen-bond donors (Lipinski definition) is 0. The molecule has 0 spiro atoms. The van der Waals surface area contributed by atoms with Crippen LogP contribution in [-0.2, 0) is 16.5 Å². The van der Waals surface area contributed by atoms with Crippen molar-refractivity contribution in [2.24, 2.45) is 13.0 Å². The van der Waals surface area contributed by atoms with Crippen molar-refractivity contribution in [3.63, 3.8) is 0 Å². The predicted molar refractivity (Wildman–Crippen MR) is 79.3 cm³/mol. The van der Waals surface area contributed by atoms with Crippen molar-refractivity contribution in [1.82, 2.24) is 19.7 Å². The van der Waals surface area contributed by atoms with Crippen molar-refractivity contribution in [3.8, 4) is 0 Å². The molecule has 1 aromatic heterocycles.